The molecule has 0 bridgehead atoms. The Balaban J connectivity index is 2.11. The summed E-state index contributed by atoms with van der Waals surface area (Å²) in [6.45, 7) is 2.06. The highest BCUT2D eigenvalue weighted by Crippen LogP contribution is 2.14. The lowest BCUT2D eigenvalue weighted by molar-refractivity contribution is 0.682. The van der Waals surface area contributed by atoms with Crippen molar-refractivity contribution in [3.8, 4) is 0 Å². The van der Waals surface area contributed by atoms with E-state index in [-0.39, 0.29) is 0 Å². The van der Waals surface area contributed by atoms with Crippen LogP contribution in [-0.4, -0.2) is 4.21 Å². The van der Waals surface area contributed by atoms with E-state index in [1.807, 2.05) is 36.4 Å². The summed E-state index contributed by atoms with van der Waals surface area (Å²) in [5.41, 5.74) is 2.35. The summed E-state index contributed by atoms with van der Waals surface area (Å²) in [7, 11) is -0.953. The fraction of sp³-hybridized carbons (Fsp3) is 0.143. The number of aryl methyl sites for hydroxylation is 1. The van der Waals surface area contributed by atoms with E-state index in [0.29, 0.717) is 5.75 Å². The van der Waals surface area contributed by atoms with Crippen LogP contribution in [0.1, 0.15) is 11.1 Å². The third-order valence-electron chi connectivity index (χ3n) is 2.49. The Labute approximate surface area is 118 Å². The number of hydrogen-bond acceptors (Lipinski definition) is 1. The Kier molecular flexibility index (Phi) is 4.34. The fourth-order valence-electron chi connectivity index (χ4n) is 1.51. The predicted octanol–water partition coefficient (Wildman–Crippen LogP) is 3.91. The van der Waals surface area contributed by atoms with Gasteiger partial charge in [0, 0.05) is 8.47 Å². The molecular weight excluding hydrogens is 343 g/mol. The van der Waals surface area contributed by atoms with Gasteiger partial charge in [-0.2, -0.15) is 0 Å². The number of hydrogen-bond donors (Lipinski definition) is 0. The zero-order valence-corrected chi connectivity index (χ0v) is 12.5. The Morgan fingerprint density at radius 1 is 1.00 bits per heavy atom. The van der Waals surface area contributed by atoms with E-state index >= 15 is 0 Å². The summed E-state index contributed by atoms with van der Waals surface area (Å²) in [5, 5.41) is 0. The molecule has 0 spiro atoms. The second-order valence-electron chi connectivity index (χ2n) is 3.93. The highest BCUT2D eigenvalue weighted by Gasteiger charge is 2.04. The second-order valence-corrected chi connectivity index (χ2v) is 6.63. The highest BCUT2D eigenvalue weighted by molar-refractivity contribution is 14.1. The van der Waals surface area contributed by atoms with E-state index in [0.717, 1.165) is 10.5 Å². The predicted molar refractivity (Wildman–Crippen MR) is 80.5 cm³/mol. The standard InChI is InChI=1S/C14H13IOS/c1-11-2-4-12(5-3-11)10-17(16)14-8-6-13(15)7-9-14/h2-9H,10H2,1H3. The van der Waals surface area contributed by atoms with E-state index < -0.39 is 10.8 Å². The molecule has 0 amide bonds. The lowest BCUT2D eigenvalue weighted by atomic mass is 10.2. The van der Waals surface area contributed by atoms with Crippen molar-refractivity contribution in [2.24, 2.45) is 0 Å². The smallest absolute Gasteiger partial charge is 0.0574 e. The van der Waals surface area contributed by atoms with Crippen LogP contribution >= 0.6 is 22.6 Å². The summed E-state index contributed by atoms with van der Waals surface area (Å²) in [6.07, 6.45) is 0. The Bertz CT molecular complexity index is 517. The molecule has 1 nitrogen and oxygen atoms in total. The molecule has 17 heavy (non-hydrogen) atoms. The van der Waals surface area contributed by atoms with E-state index in [2.05, 4.69) is 41.6 Å². The largest absolute Gasteiger partial charge is 0.254 e. The fourth-order valence-corrected chi connectivity index (χ4v) is 2.97. The first-order valence-corrected chi connectivity index (χ1v) is 7.74. The van der Waals surface area contributed by atoms with Gasteiger partial charge in [-0.3, -0.25) is 4.21 Å². The zero-order valence-electron chi connectivity index (χ0n) is 9.52. The summed E-state index contributed by atoms with van der Waals surface area (Å²) in [5.74, 6) is 0.584. The zero-order chi connectivity index (χ0) is 12.3. The summed E-state index contributed by atoms with van der Waals surface area (Å²) < 4.78 is 13.3. The van der Waals surface area contributed by atoms with Gasteiger partial charge in [-0.05, 0) is 59.3 Å². The monoisotopic (exact) mass is 356 g/mol. The quantitative estimate of drug-likeness (QED) is 0.763. The van der Waals surface area contributed by atoms with Crippen LogP contribution in [0.25, 0.3) is 0 Å². The van der Waals surface area contributed by atoms with Crippen molar-refractivity contribution >= 4 is 33.4 Å². The molecule has 0 radical (unpaired) electrons. The maximum absolute atomic E-state index is 12.1. The van der Waals surface area contributed by atoms with Gasteiger partial charge in [-0.1, -0.05) is 29.8 Å². The molecule has 0 aliphatic carbocycles. The first kappa shape index (κ1) is 12.8. The van der Waals surface area contributed by atoms with E-state index in [1.54, 1.807) is 0 Å². The van der Waals surface area contributed by atoms with E-state index in [9.17, 15) is 4.21 Å². The average molecular weight is 356 g/mol. The first-order chi connectivity index (χ1) is 8.15. The van der Waals surface area contributed by atoms with Gasteiger partial charge in [-0.25, -0.2) is 0 Å². The van der Waals surface area contributed by atoms with E-state index in [1.165, 1.54) is 9.13 Å². The molecule has 0 aromatic heterocycles. The normalized spacial score (nSPS) is 12.4. The minimum atomic E-state index is -0.953. The van der Waals surface area contributed by atoms with Gasteiger partial charge in [0.05, 0.1) is 16.6 Å². The van der Waals surface area contributed by atoms with Crippen LogP contribution in [0.2, 0.25) is 0 Å². The topological polar surface area (TPSA) is 17.1 Å². The van der Waals surface area contributed by atoms with Gasteiger partial charge in [0.25, 0.3) is 0 Å². The van der Waals surface area contributed by atoms with Gasteiger partial charge >= 0.3 is 0 Å². The average Bonchev–Trinajstić information content (AvgIpc) is 2.33. The summed E-state index contributed by atoms with van der Waals surface area (Å²) in [6, 6.07) is 16.0. The Morgan fingerprint density at radius 2 is 1.59 bits per heavy atom. The lowest BCUT2D eigenvalue weighted by Gasteiger charge is -2.03. The number of halogens is 1. The molecule has 0 aliphatic heterocycles. The van der Waals surface area contributed by atoms with Crippen molar-refractivity contribution in [1.82, 2.24) is 0 Å². The molecular formula is C14H13IOS. The molecule has 0 heterocycles. The molecule has 0 saturated carbocycles. The molecule has 3 heteroatoms. The van der Waals surface area contributed by atoms with Crippen molar-refractivity contribution in [3.05, 3.63) is 63.2 Å². The molecule has 0 saturated heterocycles. The van der Waals surface area contributed by atoms with Crippen LogP contribution in [0.3, 0.4) is 0 Å². The van der Waals surface area contributed by atoms with Gasteiger partial charge in [0.2, 0.25) is 0 Å². The van der Waals surface area contributed by atoms with E-state index in [4.69, 9.17) is 0 Å². The van der Waals surface area contributed by atoms with Crippen molar-refractivity contribution in [2.45, 2.75) is 17.6 Å². The molecule has 1 unspecified atom stereocenters. The molecule has 2 aromatic rings. The van der Waals surface area contributed by atoms with Crippen LogP contribution in [0, 0.1) is 10.5 Å². The number of rotatable bonds is 3. The highest BCUT2D eigenvalue weighted by atomic mass is 127. The minimum Gasteiger partial charge on any atom is -0.254 e. The van der Waals surface area contributed by atoms with Crippen molar-refractivity contribution in [1.29, 1.82) is 0 Å². The van der Waals surface area contributed by atoms with Gasteiger partial charge in [0.1, 0.15) is 0 Å². The van der Waals surface area contributed by atoms with Gasteiger partial charge in [0.15, 0.2) is 0 Å². The van der Waals surface area contributed by atoms with Crippen LogP contribution < -0.4 is 0 Å². The molecule has 2 rings (SSSR count). The summed E-state index contributed by atoms with van der Waals surface area (Å²) in [4.78, 5) is 0.894. The molecule has 0 fully saturated rings. The lowest BCUT2D eigenvalue weighted by Crippen LogP contribution is -1.96. The van der Waals surface area contributed by atoms with Crippen molar-refractivity contribution in [2.75, 3.05) is 0 Å². The SMILES string of the molecule is Cc1ccc(CS(=O)c2ccc(I)cc2)cc1. The molecule has 0 aliphatic rings. The molecule has 2 aromatic carbocycles. The van der Waals surface area contributed by atoms with Crippen molar-refractivity contribution < 1.29 is 4.21 Å². The maximum Gasteiger partial charge on any atom is 0.0574 e. The Hall–Kier alpha value is -0.680. The van der Waals surface area contributed by atoms with Crippen LogP contribution in [-0.2, 0) is 16.6 Å². The van der Waals surface area contributed by atoms with Crippen LogP contribution in [0.4, 0.5) is 0 Å². The third-order valence-corrected chi connectivity index (χ3v) is 4.61. The summed E-state index contributed by atoms with van der Waals surface area (Å²) >= 11 is 2.25. The first-order valence-electron chi connectivity index (χ1n) is 5.34. The van der Waals surface area contributed by atoms with Crippen LogP contribution in [0.5, 0.6) is 0 Å². The van der Waals surface area contributed by atoms with Crippen LogP contribution in [0.15, 0.2) is 53.4 Å². The second kappa shape index (κ2) is 5.78. The molecule has 88 valence electrons. The molecule has 0 N–H and O–H groups in total. The third kappa shape index (κ3) is 3.64. The molecule has 1 atom stereocenters. The Morgan fingerprint density at radius 3 is 2.18 bits per heavy atom. The van der Waals surface area contributed by atoms with Gasteiger partial charge in [-0.15, -0.1) is 0 Å². The number of benzene rings is 2. The maximum atomic E-state index is 12.1. The van der Waals surface area contributed by atoms with Gasteiger partial charge < -0.3 is 0 Å². The minimum absolute atomic E-state index is 0.584. The van der Waals surface area contributed by atoms with Crippen molar-refractivity contribution in [3.63, 3.8) is 0 Å².